The lowest BCUT2D eigenvalue weighted by molar-refractivity contribution is 0.0694. The fourth-order valence-corrected chi connectivity index (χ4v) is 5.53. The third-order valence-electron chi connectivity index (χ3n) is 4.73. The number of hydrogen-bond acceptors (Lipinski definition) is 4. The van der Waals surface area contributed by atoms with E-state index in [9.17, 15) is 13.2 Å². The topological polar surface area (TPSA) is 60.9 Å². The summed E-state index contributed by atoms with van der Waals surface area (Å²) in [4.78, 5) is 14.5. The van der Waals surface area contributed by atoms with E-state index in [4.69, 9.17) is 0 Å². The summed E-state index contributed by atoms with van der Waals surface area (Å²) in [7, 11) is -3.36. The van der Waals surface area contributed by atoms with Gasteiger partial charge < -0.3 is 4.90 Å². The van der Waals surface area contributed by atoms with E-state index < -0.39 is 10.2 Å². The Morgan fingerprint density at radius 2 is 1.68 bits per heavy atom. The number of nitrogens with zero attached hydrogens (tertiary/aromatic N) is 3. The smallest absolute Gasteiger partial charge is 0.282 e. The summed E-state index contributed by atoms with van der Waals surface area (Å²) >= 11 is 1.72. The molecule has 0 bridgehead atoms. The first kappa shape index (κ1) is 18.7. The summed E-state index contributed by atoms with van der Waals surface area (Å²) in [6, 6.07) is 7.70. The Bertz CT molecular complexity index is 710. The minimum atomic E-state index is -3.36. The van der Waals surface area contributed by atoms with E-state index in [1.54, 1.807) is 21.0 Å². The van der Waals surface area contributed by atoms with E-state index in [-0.39, 0.29) is 5.91 Å². The molecule has 0 radical (unpaired) electrons. The van der Waals surface area contributed by atoms with Crippen LogP contribution in [0, 0.1) is 0 Å². The van der Waals surface area contributed by atoms with Crippen LogP contribution in [-0.2, 0) is 16.0 Å². The number of benzene rings is 1. The molecule has 1 aromatic carbocycles. The van der Waals surface area contributed by atoms with E-state index in [0.29, 0.717) is 44.8 Å². The summed E-state index contributed by atoms with van der Waals surface area (Å²) in [5.74, 6) is 0.865. The molecule has 3 rings (SSSR count). The monoisotopic (exact) mass is 383 g/mol. The largest absolute Gasteiger partial charge is 0.336 e. The molecule has 2 aliphatic heterocycles. The van der Waals surface area contributed by atoms with Gasteiger partial charge in [0.2, 0.25) is 0 Å². The van der Waals surface area contributed by atoms with Gasteiger partial charge >= 0.3 is 0 Å². The highest BCUT2D eigenvalue weighted by Crippen LogP contribution is 2.19. The molecule has 138 valence electrons. The number of carbonyl (C=O) groups excluding carboxylic acids is 1. The van der Waals surface area contributed by atoms with E-state index in [2.05, 4.69) is 0 Å². The maximum Gasteiger partial charge on any atom is 0.282 e. The quantitative estimate of drug-likeness (QED) is 0.776. The molecule has 25 heavy (non-hydrogen) atoms. The first-order chi connectivity index (χ1) is 12.0. The van der Waals surface area contributed by atoms with Gasteiger partial charge in [0.25, 0.3) is 16.1 Å². The number of thioether (sulfide) groups is 1. The molecule has 1 aromatic rings. The van der Waals surface area contributed by atoms with Crippen LogP contribution in [0.5, 0.6) is 0 Å². The second kappa shape index (κ2) is 8.07. The summed E-state index contributed by atoms with van der Waals surface area (Å²) in [6.07, 6.45) is 3.91. The number of amides is 1. The summed E-state index contributed by atoms with van der Waals surface area (Å²) < 4.78 is 28.3. The van der Waals surface area contributed by atoms with Crippen molar-refractivity contribution in [3.8, 4) is 0 Å². The molecule has 0 aromatic heterocycles. The zero-order valence-corrected chi connectivity index (χ0v) is 16.2. The van der Waals surface area contributed by atoms with Crippen LogP contribution in [0.25, 0.3) is 0 Å². The molecule has 2 saturated heterocycles. The van der Waals surface area contributed by atoms with Gasteiger partial charge in [-0.2, -0.15) is 28.8 Å². The summed E-state index contributed by atoms with van der Waals surface area (Å²) in [5.41, 5.74) is 1.82. The van der Waals surface area contributed by atoms with Crippen LogP contribution >= 0.6 is 11.8 Å². The molecule has 1 amide bonds. The van der Waals surface area contributed by atoms with Crippen LogP contribution in [-0.4, -0.2) is 73.4 Å². The lowest BCUT2D eigenvalue weighted by Crippen LogP contribution is -2.53. The Hall–Kier alpha value is -1.09. The molecule has 2 aliphatic rings. The normalized spacial score (nSPS) is 20.1. The van der Waals surface area contributed by atoms with Gasteiger partial charge in [-0.15, -0.1) is 0 Å². The second-order valence-electron chi connectivity index (χ2n) is 6.44. The highest BCUT2D eigenvalue weighted by Gasteiger charge is 2.34. The summed E-state index contributed by atoms with van der Waals surface area (Å²) in [5, 5.41) is 0. The van der Waals surface area contributed by atoms with Gasteiger partial charge in [-0.3, -0.25) is 4.79 Å². The van der Waals surface area contributed by atoms with Crippen molar-refractivity contribution in [3.05, 3.63) is 35.4 Å². The van der Waals surface area contributed by atoms with Crippen LogP contribution in [0.4, 0.5) is 0 Å². The minimum Gasteiger partial charge on any atom is -0.336 e. The Morgan fingerprint density at radius 1 is 1.04 bits per heavy atom. The van der Waals surface area contributed by atoms with Crippen molar-refractivity contribution in [1.82, 2.24) is 13.5 Å². The van der Waals surface area contributed by atoms with Gasteiger partial charge in [-0.1, -0.05) is 12.1 Å². The summed E-state index contributed by atoms with van der Waals surface area (Å²) in [6.45, 7) is 2.86. The molecule has 0 aliphatic carbocycles. The zero-order chi connectivity index (χ0) is 17.9. The van der Waals surface area contributed by atoms with Gasteiger partial charge in [-0.25, -0.2) is 0 Å². The number of piperazine rings is 1. The van der Waals surface area contributed by atoms with Crippen LogP contribution in [0.2, 0.25) is 0 Å². The molecule has 2 fully saturated rings. The highest BCUT2D eigenvalue weighted by molar-refractivity contribution is 7.97. The van der Waals surface area contributed by atoms with Crippen molar-refractivity contribution in [2.75, 3.05) is 45.5 Å². The Morgan fingerprint density at radius 3 is 2.32 bits per heavy atom. The fourth-order valence-electron chi connectivity index (χ4n) is 3.35. The first-order valence-electron chi connectivity index (χ1n) is 8.65. The molecule has 2 heterocycles. The van der Waals surface area contributed by atoms with Crippen LogP contribution in [0.15, 0.2) is 24.3 Å². The molecule has 0 unspecified atom stereocenters. The van der Waals surface area contributed by atoms with Gasteiger partial charge in [-0.05, 0) is 36.8 Å². The number of carbonyl (C=O) groups is 1. The minimum absolute atomic E-state index is 0.0128. The van der Waals surface area contributed by atoms with Crippen molar-refractivity contribution in [1.29, 1.82) is 0 Å². The van der Waals surface area contributed by atoms with Crippen molar-refractivity contribution >= 4 is 27.9 Å². The molecular weight excluding hydrogens is 358 g/mol. The zero-order valence-electron chi connectivity index (χ0n) is 14.6. The fraction of sp³-hybridized carbons (Fsp3) is 0.588. The van der Waals surface area contributed by atoms with Gasteiger partial charge in [0.05, 0.1) is 0 Å². The molecule has 0 saturated carbocycles. The number of rotatable bonds is 5. The SMILES string of the molecule is CSCc1cccc(C(=O)N2CCN(S(=O)(=O)N3CCCC3)CC2)c1. The average Bonchev–Trinajstić information content (AvgIpc) is 3.17. The third kappa shape index (κ3) is 4.19. The predicted molar refractivity (Wildman–Crippen MR) is 101 cm³/mol. The van der Waals surface area contributed by atoms with Crippen LogP contribution < -0.4 is 0 Å². The Balaban J connectivity index is 1.62. The van der Waals surface area contributed by atoms with Crippen molar-refractivity contribution in [2.45, 2.75) is 18.6 Å². The van der Waals surface area contributed by atoms with Crippen molar-refractivity contribution < 1.29 is 13.2 Å². The van der Waals surface area contributed by atoms with Crippen molar-refractivity contribution in [2.24, 2.45) is 0 Å². The van der Waals surface area contributed by atoms with Gasteiger partial charge in [0, 0.05) is 50.6 Å². The molecule has 0 spiro atoms. The molecule has 0 atom stereocenters. The second-order valence-corrected chi connectivity index (χ2v) is 9.23. The Labute approximate surface area is 154 Å². The first-order valence-corrected chi connectivity index (χ1v) is 11.4. The average molecular weight is 384 g/mol. The van der Waals surface area contributed by atoms with E-state index in [0.717, 1.165) is 24.2 Å². The molecule has 6 nitrogen and oxygen atoms in total. The highest BCUT2D eigenvalue weighted by atomic mass is 32.2. The van der Waals surface area contributed by atoms with Crippen LogP contribution in [0.1, 0.15) is 28.8 Å². The lowest BCUT2D eigenvalue weighted by atomic mass is 10.1. The van der Waals surface area contributed by atoms with Gasteiger partial charge in [0.1, 0.15) is 0 Å². The van der Waals surface area contributed by atoms with Crippen LogP contribution in [0.3, 0.4) is 0 Å². The molecular formula is C17H25N3O3S2. The van der Waals surface area contributed by atoms with E-state index >= 15 is 0 Å². The predicted octanol–water partition coefficient (Wildman–Crippen LogP) is 1.65. The lowest BCUT2D eigenvalue weighted by Gasteiger charge is -2.35. The number of hydrogen-bond donors (Lipinski definition) is 0. The molecule has 8 heteroatoms. The van der Waals surface area contributed by atoms with E-state index in [1.165, 1.54) is 4.31 Å². The maximum atomic E-state index is 12.7. The maximum absolute atomic E-state index is 12.7. The van der Waals surface area contributed by atoms with Crippen molar-refractivity contribution in [3.63, 3.8) is 0 Å². The van der Waals surface area contributed by atoms with Gasteiger partial charge in [0.15, 0.2) is 0 Å². The third-order valence-corrected chi connectivity index (χ3v) is 7.39. The standard InChI is InChI=1S/C17H25N3O3S2/c1-24-14-15-5-4-6-16(13-15)17(21)18-9-11-20(12-10-18)25(22,23)19-7-2-3-8-19/h4-6,13H,2-3,7-12,14H2,1H3. The Kier molecular flexibility index (Phi) is 6.04. The van der Waals surface area contributed by atoms with E-state index in [1.807, 2.05) is 30.5 Å². The molecule has 0 N–H and O–H groups in total.